The quantitative estimate of drug-likeness (QED) is 0.759. The predicted molar refractivity (Wildman–Crippen MR) is 74.4 cm³/mol. The Morgan fingerprint density at radius 1 is 0.950 bits per heavy atom. The van der Waals surface area contributed by atoms with Crippen LogP contribution in [0.3, 0.4) is 0 Å². The lowest BCUT2D eigenvalue weighted by atomic mass is 10.1. The molecule has 2 rings (SSSR count). The molecular weight excluding hydrogens is 282 g/mol. The maximum Gasteiger partial charge on any atom is 0.259 e. The predicted octanol–water partition coefficient (Wildman–Crippen LogP) is 2.73. The summed E-state index contributed by atoms with van der Waals surface area (Å²) in [6.07, 6.45) is 0. The molecule has 102 valence electrons. The van der Waals surface area contributed by atoms with Crippen molar-refractivity contribution in [3.63, 3.8) is 0 Å². The molecule has 0 aromatic heterocycles. The van der Waals surface area contributed by atoms with Crippen LogP contribution in [0.4, 0.5) is 5.69 Å². The van der Waals surface area contributed by atoms with Gasteiger partial charge in [0.05, 0.1) is 11.1 Å². The Balaban J connectivity index is 2.23. The highest BCUT2D eigenvalue weighted by Gasteiger charge is 2.13. The summed E-state index contributed by atoms with van der Waals surface area (Å²) in [5, 5.41) is 20.9. The fourth-order valence-corrected chi connectivity index (χ4v) is 1.80. The Morgan fingerprint density at radius 3 is 2.25 bits per heavy atom. The lowest BCUT2D eigenvalue weighted by Crippen LogP contribution is -2.12. The summed E-state index contributed by atoms with van der Waals surface area (Å²) in [6, 6.07) is 9.98. The Bertz CT molecular complexity index is 685. The third kappa shape index (κ3) is 2.89. The Hall–Kier alpha value is -2.53. The van der Waals surface area contributed by atoms with Gasteiger partial charge in [0.1, 0.15) is 11.5 Å². The number of halogens is 1. The topological polar surface area (TPSA) is 86.6 Å². The summed E-state index contributed by atoms with van der Waals surface area (Å²) in [5.41, 5.74) is 0.328. The molecule has 1 amide bonds. The van der Waals surface area contributed by atoms with Gasteiger partial charge in [0, 0.05) is 11.8 Å². The van der Waals surface area contributed by atoms with Crippen molar-refractivity contribution in [3.05, 3.63) is 53.6 Å². The van der Waals surface area contributed by atoms with Crippen LogP contribution in [-0.4, -0.2) is 21.4 Å². The van der Waals surface area contributed by atoms with E-state index in [2.05, 4.69) is 5.32 Å². The van der Waals surface area contributed by atoms with Crippen LogP contribution in [0.2, 0.25) is 0 Å². The average molecular weight is 292 g/mol. The Kier molecular flexibility index (Phi) is 3.91. The van der Waals surface area contributed by atoms with E-state index in [0.29, 0.717) is 0 Å². The first-order chi connectivity index (χ1) is 9.49. The first-order valence-corrected chi connectivity index (χ1v) is 5.99. The molecular formula is C14H10ClNO4. The second kappa shape index (κ2) is 5.63. The lowest BCUT2D eigenvalue weighted by Gasteiger charge is -2.08. The van der Waals surface area contributed by atoms with Crippen molar-refractivity contribution in [1.82, 2.24) is 0 Å². The minimum Gasteiger partial charge on any atom is -0.507 e. The molecule has 0 aliphatic carbocycles. The highest BCUT2D eigenvalue weighted by atomic mass is 35.5. The zero-order valence-electron chi connectivity index (χ0n) is 10.1. The number of benzene rings is 2. The number of nitrogens with one attached hydrogen (secondary N) is 1. The van der Waals surface area contributed by atoms with Crippen LogP contribution in [0.1, 0.15) is 20.7 Å². The van der Waals surface area contributed by atoms with E-state index < -0.39 is 11.1 Å². The number of hydrogen-bond donors (Lipinski definition) is 3. The van der Waals surface area contributed by atoms with E-state index >= 15 is 0 Å². The van der Waals surface area contributed by atoms with E-state index in [4.69, 9.17) is 11.6 Å². The SMILES string of the molecule is O=C(Cl)c1ccc(NC(=O)c2ccccc2O)cc1O. The van der Waals surface area contributed by atoms with Gasteiger partial charge < -0.3 is 15.5 Å². The maximum absolute atomic E-state index is 11.9. The maximum atomic E-state index is 11.9. The highest BCUT2D eigenvalue weighted by Crippen LogP contribution is 2.24. The van der Waals surface area contributed by atoms with Crippen LogP contribution >= 0.6 is 11.6 Å². The summed E-state index contributed by atoms with van der Waals surface area (Å²) in [5.74, 6) is -1.02. The molecule has 20 heavy (non-hydrogen) atoms. The molecule has 0 fully saturated rings. The number of aromatic hydroxyl groups is 2. The minimum atomic E-state index is -0.791. The Labute approximate surface area is 119 Å². The van der Waals surface area contributed by atoms with Gasteiger partial charge >= 0.3 is 0 Å². The van der Waals surface area contributed by atoms with Crippen molar-refractivity contribution in [2.75, 3.05) is 5.32 Å². The monoisotopic (exact) mass is 291 g/mol. The summed E-state index contributed by atoms with van der Waals surface area (Å²) in [7, 11) is 0. The van der Waals surface area contributed by atoms with Gasteiger partial charge in [-0.05, 0) is 35.9 Å². The average Bonchev–Trinajstić information content (AvgIpc) is 2.38. The molecule has 0 radical (unpaired) electrons. The zero-order chi connectivity index (χ0) is 14.7. The van der Waals surface area contributed by atoms with Gasteiger partial charge in [0.2, 0.25) is 0 Å². The molecule has 5 nitrogen and oxygen atoms in total. The van der Waals surface area contributed by atoms with Crippen molar-refractivity contribution in [3.8, 4) is 11.5 Å². The van der Waals surface area contributed by atoms with Crippen LogP contribution in [0.25, 0.3) is 0 Å². The molecule has 0 atom stereocenters. The van der Waals surface area contributed by atoms with E-state index in [1.807, 2.05) is 0 Å². The Morgan fingerprint density at radius 2 is 1.65 bits per heavy atom. The first kappa shape index (κ1) is 13.9. The van der Waals surface area contributed by atoms with Crippen LogP contribution in [0, 0.1) is 0 Å². The van der Waals surface area contributed by atoms with Gasteiger partial charge in [-0.2, -0.15) is 0 Å². The molecule has 0 unspecified atom stereocenters. The van der Waals surface area contributed by atoms with Gasteiger partial charge in [-0.3, -0.25) is 9.59 Å². The molecule has 0 saturated carbocycles. The highest BCUT2D eigenvalue weighted by molar-refractivity contribution is 6.68. The number of rotatable bonds is 3. The molecule has 0 aliphatic heterocycles. The lowest BCUT2D eigenvalue weighted by molar-refractivity contribution is 0.102. The molecule has 0 saturated heterocycles. The second-order valence-electron chi connectivity index (χ2n) is 3.98. The summed E-state index contributed by atoms with van der Waals surface area (Å²) < 4.78 is 0. The number of phenols is 2. The summed E-state index contributed by atoms with van der Waals surface area (Å²) in [4.78, 5) is 22.9. The van der Waals surface area contributed by atoms with Crippen molar-refractivity contribution < 1.29 is 19.8 Å². The number of amides is 1. The smallest absolute Gasteiger partial charge is 0.259 e. The summed E-state index contributed by atoms with van der Waals surface area (Å²) in [6.45, 7) is 0. The van der Waals surface area contributed by atoms with E-state index in [1.165, 1.54) is 30.3 Å². The zero-order valence-corrected chi connectivity index (χ0v) is 10.9. The fraction of sp³-hybridized carbons (Fsp3) is 0. The fourth-order valence-electron chi connectivity index (χ4n) is 1.64. The number of para-hydroxylation sites is 1. The van der Waals surface area contributed by atoms with Crippen molar-refractivity contribution in [2.45, 2.75) is 0 Å². The van der Waals surface area contributed by atoms with Crippen molar-refractivity contribution >= 4 is 28.4 Å². The van der Waals surface area contributed by atoms with Gasteiger partial charge in [0.25, 0.3) is 11.1 Å². The molecule has 0 heterocycles. The van der Waals surface area contributed by atoms with Crippen LogP contribution in [0.5, 0.6) is 11.5 Å². The third-order valence-corrected chi connectivity index (χ3v) is 2.82. The van der Waals surface area contributed by atoms with Gasteiger partial charge in [-0.1, -0.05) is 12.1 Å². The number of anilines is 1. The second-order valence-corrected chi connectivity index (χ2v) is 4.32. The summed E-state index contributed by atoms with van der Waals surface area (Å²) >= 11 is 5.26. The standard InChI is InChI=1S/C14H10ClNO4/c15-13(19)9-6-5-8(7-12(9)18)16-14(20)10-3-1-2-4-11(10)17/h1-7,17-18H,(H,16,20). The number of carbonyl (C=O) groups excluding carboxylic acids is 2. The van der Waals surface area contributed by atoms with E-state index in [0.717, 1.165) is 0 Å². The van der Waals surface area contributed by atoms with Crippen LogP contribution < -0.4 is 5.32 Å². The van der Waals surface area contributed by atoms with E-state index in [-0.39, 0.29) is 28.3 Å². The first-order valence-electron chi connectivity index (χ1n) is 5.61. The molecule has 3 N–H and O–H groups in total. The molecule has 2 aromatic rings. The number of hydrogen-bond acceptors (Lipinski definition) is 4. The van der Waals surface area contributed by atoms with Crippen LogP contribution in [-0.2, 0) is 0 Å². The van der Waals surface area contributed by atoms with E-state index in [9.17, 15) is 19.8 Å². The molecule has 0 spiro atoms. The van der Waals surface area contributed by atoms with Gasteiger partial charge in [-0.25, -0.2) is 0 Å². The molecule has 2 aromatic carbocycles. The number of carbonyl (C=O) groups is 2. The minimum absolute atomic E-state index is 0.0489. The van der Waals surface area contributed by atoms with Crippen molar-refractivity contribution in [1.29, 1.82) is 0 Å². The van der Waals surface area contributed by atoms with Crippen LogP contribution in [0.15, 0.2) is 42.5 Å². The molecule has 0 aliphatic rings. The normalized spacial score (nSPS) is 10.1. The van der Waals surface area contributed by atoms with Gasteiger partial charge in [-0.15, -0.1) is 0 Å². The largest absolute Gasteiger partial charge is 0.507 e. The third-order valence-electron chi connectivity index (χ3n) is 2.62. The number of phenolic OH excluding ortho intramolecular Hbond substituents is 2. The van der Waals surface area contributed by atoms with Gasteiger partial charge in [0.15, 0.2) is 0 Å². The molecule has 0 bridgehead atoms. The van der Waals surface area contributed by atoms with Crippen molar-refractivity contribution in [2.24, 2.45) is 0 Å². The molecule has 6 heteroatoms. The van der Waals surface area contributed by atoms with E-state index in [1.54, 1.807) is 12.1 Å².